The largest absolute Gasteiger partial charge is 0.478 e. The minimum absolute atomic E-state index is 0.116. The monoisotopic (exact) mass is 487 g/mol. The lowest BCUT2D eigenvalue weighted by Crippen LogP contribution is -2.22. The third kappa shape index (κ3) is 6.00. The Morgan fingerprint density at radius 3 is 2.25 bits per heavy atom. The van der Waals surface area contributed by atoms with Crippen LogP contribution in [0.5, 0.6) is 0 Å². The van der Waals surface area contributed by atoms with Crippen LogP contribution in [0.4, 0.5) is 5.69 Å². The van der Waals surface area contributed by atoms with E-state index in [0.717, 1.165) is 22.3 Å². The van der Waals surface area contributed by atoms with Crippen molar-refractivity contribution in [3.05, 3.63) is 93.3 Å². The molecule has 4 aromatic rings. The number of anilines is 1. The molecule has 0 spiro atoms. The van der Waals surface area contributed by atoms with E-state index >= 15 is 0 Å². The first-order valence-corrected chi connectivity index (χ1v) is 12.4. The molecule has 0 bridgehead atoms. The Hall–Kier alpha value is -3.93. The van der Waals surface area contributed by atoms with E-state index < -0.39 is 5.97 Å². The van der Waals surface area contributed by atoms with E-state index in [1.165, 1.54) is 0 Å². The maximum Gasteiger partial charge on any atom is 0.337 e. The number of nitrogens with zero attached hydrogens (tertiary/aromatic N) is 2. The number of carboxylic acid groups (broad SMARTS) is 1. The number of hydrogen-bond donors (Lipinski definition) is 2. The summed E-state index contributed by atoms with van der Waals surface area (Å²) in [6.45, 7) is 13.9. The average molecular weight is 488 g/mol. The van der Waals surface area contributed by atoms with Gasteiger partial charge in [0.25, 0.3) is 5.56 Å². The Labute approximate surface area is 213 Å². The van der Waals surface area contributed by atoms with Crippen molar-refractivity contribution in [3.8, 4) is 11.4 Å². The van der Waals surface area contributed by atoms with E-state index in [1.54, 1.807) is 35.9 Å². The molecule has 1 aromatic heterocycles. The fourth-order valence-electron chi connectivity index (χ4n) is 4.03. The molecular weight excluding hydrogens is 450 g/mol. The van der Waals surface area contributed by atoms with Gasteiger partial charge in [0.2, 0.25) is 0 Å². The standard InChI is InChI=1S/C26H25N3O3.2C2H6/c1-15-8-7-9-18(12-15)24-28-23-20(13-16(2)14-21(23)25(30)29(24)4)17(3)27-22-11-6-5-10-19(22)26(31)32;2*1-2/h5-14,17,27H,1-4H3,(H,31,32);2*1-2H3. The number of aromatic carboxylic acids is 1. The second-order valence-electron chi connectivity index (χ2n) is 8.14. The van der Waals surface area contributed by atoms with Gasteiger partial charge in [0.1, 0.15) is 5.82 Å². The molecule has 1 heterocycles. The Bertz CT molecular complexity index is 1410. The molecule has 0 saturated heterocycles. The third-order valence-corrected chi connectivity index (χ3v) is 5.63. The van der Waals surface area contributed by atoms with E-state index in [9.17, 15) is 14.7 Å². The number of hydrogen-bond acceptors (Lipinski definition) is 4. The Kier molecular flexibility index (Phi) is 9.97. The summed E-state index contributed by atoms with van der Waals surface area (Å²) in [5, 5.41) is 13.4. The first kappa shape index (κ1) is 28.3. The highest BCUT2D eigenvalue weighted by atomic mass is 16.4. The number of nitrogens with one attached hydrogen (secondary N) is 1. The van der Waals surface area contributed by atoms with Crippen LogP contribution in [0.15, 0.2) is 65.5 Å². The highest BCUT2D eigenvalue weighted by molar-refractivity contribution is 5.94. The summed E-state index contributed by atoms with van der Waals surface area (Å²) < 4.78 is 1.58. The Balaban J connectivity index is 0.00000109. The Morgan fingerprint density at radius 1 is 0.944 bits per heavy atom. The number of carbonyl (C=O) groups is 1. The zero-order valence-corrected chi connectivity index (χ0v) is 22.5. The summed E-state index contributed by atoms with van der Waals surface area (Å²) in [5.41, 5.74) is 4.95. The number of aromatic nitrogens is 2. The molecule has 0 radical (unpaired) electrons. The molecule has 36 heavy (non-hydrogen) atoms. The highest BCUT2D eigenvalue weighted by Gasteiger charge is 2.19. The van der Waals surface area contributed by atoms with Crippen LogP contribution in [0.3, 0.4) is 0 Å². The number of fused-ring (bicyclic) bond motifs is 1. The van der Waals surface area contributed by atoms with Gasteiger partial charge in [-0.25, -0.2) is 9.78 Å². The van der Waals surface area contributed by atoms with E-state index in [0.29, 0.717) is 22.4 Å². The van der Waals surface area contributed by atoms with Gasteiger partial charge >= 0.3 is 5.97 Å². The normalized spacial score (nSPS) is 11.0. The molecule has 1 unspecified atom stereocenters. The van der Waals surface area contributed by atoms with E-state index in [2.05, 4.69) is 5.32 Å². The molecule has 0 aliphatic heterocycles. The fraction of sp³-hybridized carbons (Fsp3) is 0.300. The van der Waals surface area contributed by atoms with Crippen LogP contribution in [0.2, 0.25) is 0 Å². The number of aryl methyl sites for hydroxylation is 2. The van der Waals surface area contributed by atoms with Crippen LogP contribution in [0, 0.1) is 13.8 Å². The third-order valence-electron chi connectivity index (χ3n) is 5.63. The second kappa shape index (κ2) is 12.7. The zero-order valence-electron chi connectivity index (χ0n) is 22.5. The van der Waals surface area contributed by atoms with Gasteiger partial charge in [0.15, 0.2) is 0 Å². The topological polar surface area (TPSA) is 84.2 Å². The van der Waals surface area contributed by atoms with Crippen molar-refractivity contribution < 1.29 is 9.90 Å². The number of benzene rings is 3. The molecule has 0 fully saturated rings. The summed E-state index contributed by atoms with van der Waals surface area (Å²) in [4.78, 5) is 29.8. The molecule has 0 aliphatic carbocycles. The molecule has 190 valence electrons. The van der Waals surface area contributed by atoms with Gasteiger partial charge in [0.05, 0.1) is 22.5 Å². The number of para-hydroxylation sites is 1. The second-order valence-corrected chi connectivity index (χ2v) is 8.14. The van der Waals surface area contributed by atoms with Gasteiger partial charge in [-0.2, -0.15) is 0 Å². The lowest BCUT2D eigenvalue weighted by molar-refractivity contribution is 0.0698. The van der Waals surface area contributed by atoms with Crippen LogP contribution in [-0.2, 0) is 7.05 Å². The SMILES string of the molecule is CC.CC.Cc1cccc(-c2nc3c(C(C)Nc4ccccc4C(=O)O)cc(C)cc3c(=O)n2C)c1. The average Bonchev–Trinajstić information content (AvgIpc) is 2.88. The van der Waals surface area contributed by atoms with Crippen molar-refractivity contribution in [2.75, 3.05) is 5.32 Å². The van der Waals surface area contributed by atoms with Crippen molar-refractivity contribution >= 4 is 22.6 Å². The maximum atomic E-state index is 13.3. The van der Waals surface area contributed by atoms with Crippen molar-refractivity contribution in [2.24, 2.45) is 7.05 Å². The van der Waals surface area contributed by atoms with E-state index in [-0.39, 0.29) is 17.2 Å². The molecule has 3 aromatic carbocycles. The van der Waals surface area contributed by atoms with E-state index in [1.807, 2.05) is 84.9 Å². The van der Waals surface area contributed by atoms with Crippen LogP contribution in [0.25, 0.3) is 22.3 Å². The summed E-state index contributed by atoms with van der Waals surface area (Å²) >= 11 is 0. The summed E-state index contributed by atoms with van der Waals surface area (Å²) in [7, 11) is 1.74. The molecule has 0 aliphatic rings. The fourth-order valence-corrected chi connectivity index (χ4v) is 4.03. The quantitative estimate of drug-likeness (QED) is 0.312. The molecule has 0 saturated carbocycles. The van der Waals surface area contributed by atoms with Gasteiger partial charge in [-0.1, -0.05) is 69.7 Å². The van der Waals surface area contributed by atoms with Crippen molar-refractivity contribution in [1.29, 1.82) is 0 Å². The van der Waals surface area contributed by atoms with Crippen molar-refractivity contribution in [3.63, 3.8) is 0 Å². The van der Waals surface area contributed by atoms with Crippen LogP contribution >= 0.6 is 0 Å². The number of rotatable bonds is 5. The lowest BCUT2D eigenvalue weighted by atomic mass is 10.00. The van der Waals surface area contributed by atoms with Gasteiger partial charge in [-0.05, 0) is 50.6 Å². The molecule has 4 rings (SSSR count). The smallest absolute Gasteiger partial charge is 0.337 e. The van der Waals surface area contributed by atoms with Crippen LogP contribution in [0.1, 0.15) is 67.7 Å². The van der Waals surface area contributed by atoms with Gasteiger partial charge < -0.3 is 10.4 Å². The van der Waals surface area contributed by atoms with E-state index in [4.69, 9.17) is 4.98 Å². The van der Waals surface area contributed by atoms with Gasteiger partial charge in [0, 0.05) is 23.9 Å². The summed E-state index contributed by atoms with van der Waals surface area (Å²) in [6.07, 6.45) is 0. The van der Waals surface area contributed by atoms with Gasteiger partial charge in [-0.15, -0.1) is 0 Å². The molecule has 1 atom stereocenters. The predicted octanol–water partition coefficient (Wildman–Crippen LogP) is 7.14. The van der Waals surface area contributed by atoms with Crippen LogP contribution in [-0.4, -0.2) is 20.6 Å². The molecule has 6 nitrogen and oxygen atoms in total. The predicted molar refractivity (Wildman–Crippen MR) is 150 cm³/mol. The van der Waals surface area contributed by atoms with Crippen molar-refractivity contribution in [1.82, 2.24) is 9.55 Å². The molecule has 2 N–H and O–H groups in total. The first-order valence-electron chi connectivity index (χ1n) is 12.4. The molecule has 0 amide bonds. The first-order chi connectivity index (χ1) is 17.3. The molecule has 6 heteroatoms. The number of carboxylic acids is 1. The van der Waals surface area contributed by atoms with Gasteiger partial charge in [-0.3, -0.25) is 9.36 Å². The lowest BCUT2D eigenvalue weighted by Gasteiger charge is -2.20. The van der Waals surface area contributed by atoms with Crippen LogP contribution < -0.4 is 10.9 Å². The molecular formula is C30H37N3O3. The minimum Gasteiger partial charge on any atom is -0.478 e. The summed E-state index contributed by atoms with van der Waals surface area (Å²) in [5.74, 6) is -0.405. The maximum absolute atomic E-state index is 13.3. The van der Waals surface area contributed by atoms with Crippen molar-refractivity contribution in [2.45, 2.75) is 54.5 Å². The Morgan fingerprint density at radius 2 is 1.61 bits per heavy atom. The minimum atomic E-state index is -0.997. The zero-order chi connectivity index (χ0) is 27.0. The highest BCUT2D eigenvalue weighted by Crippen LogP contribution is 2.29. The summed E-state index contributed by atoms with van der Waals surface area (Å²) in [6, 6.07) is 18.3.